The van der Waals surface area contributed by atoms with Crippen molar-refractivity contribution in [3.8, 4) is 0 Å². The van der Waals surface area contributed by atoms with E-state index in [2.05, 4.69) is 15.4 Å². The largest absolute Gasteiger partial charge is 0.481 e. The van der Waals surface area contributed by atoms with Crippen molar-refractivity contribution in [2.24, 2.45) is 5.92 Å². The van der Waals surface area contributed by atoms with Gasteiger partial charge < -0.3 is 10.4 Å². The Hall–Kier alpha value is -1.43. The maximum Gasteiger partial charge on any atom is 0.314 e. The van der Waals surface area contributed by atoms with E-state index < -0.39 is 11.9 Å². The van der Waals surface area contributed by atoms with Crippen LogP contribution in [0.1, 0.15) is 43.3 Å². The van der Waals surface area contributed by atoms with Gasteiger partial charge >= 0.3 is 5.97 Å². The lowest BCUT2D eigenvalue weighted by Crippen LogP contribution is -2.28. The third-order valence-corrected chi connectivity index (χ3v) is 4.15. The Morgan fingerprint density at radius 1 is 1.37 bits per heavy atom. The molecule has 1 fully saturated rings. The van der Waals surface area contributed by atoms with E-state index >= 15 is 0 Å². The number of hydrogen-bond acceptors (Lipinski definition) is 4. The first kappa shape index (κ1) is 12.6. The van der Waals surface area contributed by atoms with Gasteiger partial charge in [-0.2, -0.15) is 5.10 Å². The van der Waals surface area contributed by atoms with Crippen LogP contribution in [0, 0.1) is 5.92 Å². The second kappa shape index (κ2) is 5.28. The molecule has 2 N–H and O–H groups in total. The predicted octanol–water partition coefficient (Wildman–Crippen LogP) is 0.782. The Bertz CT molecular complexity index is 465. The summed E-state index contributed by atoms with van der Waals surface area (Å²) in [7, 11) is 0. The van der Waals surface area contributed by atoms with Crippen molar-refractivity contribution in [2.75, 3.05) is 13.1 Å². The second-order valence-corrected chi connectivity index (χ2v) is 5.54. The molecular formula is C13H20N4O2. The van der Waals surface area contributed by atoms with Crippen molar-refractivity contribution in [2.45, 2.75) is 44.6 Å². The molecule has 1 unspecified atom stereocenters. The van der Waals surface area contributed by atoms with Crippen LogP contribution in [0.15, 0.2) is 0 Å². The van der Waals surface area contributed by atoms with E-state index in [-0.39, 0.29) is 0 Å². The van der Waals surface area contributed by atoms with E-state index in [1.54, 1.807) is 4.68 Å². The monoisotopic (exact) mass is 264 g/mol. The summed E-state index contributed by atoms with van der Waals surface area (Å²) in [4.78, 5) is 15.7. The third kappa shape index (κ3) is 2.63. The van der Waals surface area contributed by atoms with Gasteiger partial charge in [0.25, 0.3) is 0 Å². The molecule has 1 aromatic heterocycles. The Kier molecular flexibility index (Phi) is 3.50. The fraction of sp³-hybridized carbons (Fsp3) is 0.769. The van der Waals surface area contributed by atoms with Gasteiger partial charge in [0.2, 0.25) is 0 Å². The van der Waals surface area contributed by atoms with Crippen LogP contribution in [0.25, 0.3) is 0 Å². The summed E-state index contributed by atoms with van der Waals surface area (Å²) in [6.07, 6.45) is 4.76. The van der Waals surface area contributed by atoms with Crippen molar-refractivity contribution >= 4 is 5.97 Å². The number of aliphatic carboxylic acids is 1. The molecule has 0 bridgehead atoms. The number of hydrogen-bond donors (Lipinski definition) is 2. The van der Waals surface area contributed by atoms with Gasteiger partial charge in [-0.1, -0.05) is 0 Å². The molecule has 1 aromatic rings. The van der Waals surface area contributed by atoms with E-state index in [4.69, 9.17) is 0 Å². The zero-order valence-electron chi connectivity index (χ0n) is 11.0. The number of aryl methyl sites for hydroxylation is 1. The molecule has 0 saturated carbocycles. The number of carbonyl (C=O) groups is 1. The first-order chi connectivity index (χ1) is 9.24. The highest BCUT2D eigenvalue weighted by molar-refractivity contribution is 5.75. The van der Waals surface area contributed by atoms with Crippen LogP contribution < -0.4 is 5.32 Å². The lowest BCUT2D eigenvalue weighted by atomic mass is 9.94. The first-order valence-corrected chi connectivity index (χ1v) is 7.11. The van der Waals surface area contributed by atoms with Crippen LogP contribution in [0.5, 0.6) is 0 Å². The maximum absolute atomic E-state index is 11.2. The van der Waals surface area contributed by atoms with Crippen molar-refractivity contribution in [3.63, 3.8) is 0 Å². The van der Waals surface area contributed by atoms with Gasteiger partial charge in [0.1, 0.15) is 11.7 Å². The zero-order chi connectivity index (χ0) is 13.2. The minimum atomic E-state index is -0.776. The molecule has 1 saturated heterocycles. The van der Waals surface area contributed by atoms with Crippen LogP contribution in [0.2, 0.25) is 0 Å². The van der Waals surface area contributed by atoms with Crippen LogP contribution in [-0.2, 0) is 17.8 Å². The standard InChI is InChI=1S/C13H20N4O2/c18-13(19)10-2-1-7-17-12(10)15-11(16-17)8-9-3-5-14-6-4-9/h9-10,14H,1-8H2,(H,18,19). The van der Waals surface area contributed by atoms with Crippen LogP contribution in [0.3, 0.4) is 0 Å². The summed E-state index contributed by atoms with van der Waals surface area (Å²) in [6, 6.07) is 0. The minimum absolute atomic E-state index is 0.469. The highest BCUT2D eigenvalue weighted by Crippen LogP contribution is 2.26. The van der Waals surface area contributed by atoms with Gasteiger partial charge in [-0.3, -0.25) is 4.79 Å². The van der Waals surface area contributed by atoms with E-state index in [9.17, 15) is 9.90 Å². The SMILES string of the molecule is O=C(O)C1CCCn2nc(CC3CCNCC3)nc21. The molecule has 104 valence electrons. The molecule has 2 aliphatic rings. The number of rotatable bonds is 3. The number of nitrogens with zero attached hydrogens (tertiary/aromatic N) is 3. The molecule has 0 spiro atoms. The summed E-state index contributed by atoms with van der Waals surface area (Å²) in [5.41, 5.74) is 0. The molecule has 3 heterocycles. The molecule has 19 heavy (non-hydrogen) atoms. The number of carboxylic acids is 1. The first-order valence-electron chi connectivity index (χ1n) is 7.11. The predicted molar refractivity (Wildman–Crippen MR) is 68.9 cm³/mol. The lowest BCUT2D eigenvalue weighted by molar-refractivity contribution is -0.139. The van der Waals surface area contributed by atoms with Crippen molar-refractivity contribution in [1.29, 1.82) is 0 Å². The Balaban J connectivity index is 1.75. The molecule has 0 radical (unpaired) electrons. The normalized spacial score (nSPS) is 24.1. The molecule has 2 aliphatic heterocycles. The van der Waals surface area contributed by atoms with Gasteiger partial charge in [-0.15, -0.1) is 0 Å². The van der Waals surface area contributed by atoms with Crippen molar-refractivity contribution < 1.29 is 9.90 Å². The fourth-order valence-electron chi connectivity index (χ4n) is 3.06. The van der Waals surface area contributed by atoms with Crippen molar-refractivity contribution in [1.82, 2.24) is 20.1 Å². The van der Waals surface area contributed by atoms with Gasteiger partial charge in [-0.25, -0.2) is 9.67 Å². The smallest absolute Gasteiger partial charge is 0.314 e. The molecular weight excluding hydrogens is 244 g/mol. The Morgan fingerprint density at radius 3 is 2.89 bits per heavy atom. The quantitative estimate of drug-likeness (QED) is 0.843. The molecule has 1 atom stereocenters. The summed E-state index contributed by atoms with van der Waals surface area (Å²) < 4.78 is 1.80. The summed E-state index contributed by atoms with van der Waals surface area (Å²) in [5.74, 6) is 0.872. The second-order valence-electron chi connectivity index (χ2n) is 5.54. The third-order valence-electron chi connectivity index (χ3n) is 4.15. The number of aromatic nitrogens is 3. The highest BCUT2D eigenvalue weighted by Gasteiger charge is 2.30. The molecule has 0 aliphatic carbocycles. The van der Waals surface area contributed by atoms with E-state index in [0.717, 1.165) is 51.1 Å². The lowest BCUT2D eigenvalue weighted by Gasteiger charge is -2.21. The maximum atomic E-state index is 11.2. The Labute approximate surface area is 112 Å². The van der Waals surface area contributed by atoms with Gasteiger partial charge in [-0.05, 0) is 44.7 Å². The summed E-state index contributed by atoms with van der Waals surface area (Å²) in [5, 5.41) is 17.1. The van der Waals surface area contributed by atoms with Gasteiger partial charge in [0, 0.05) is 13.0 Å². The average molecular weight is 264 g/mol. The fourth-order valence-corrected chi connectivity index (χ4v) is 3.06. The van der Waals surface area contributed by atoms with Crippen LogP contribution in [-0.4, -0.2) is 38.9 Å². The highest BCUT2D eigenvalue weighted by atomic mass is 16.4. The van der Waals surface area contributed by atoms with Crippen LogP contribution in [0.4, 0.5) is 0 Å². The average Bonchev–Trinajstić information content (AvgIpc) is 2.81. The molecule has 6 heteroatoms. The van der Waals surface area contributed by atoms with E-state index in [0.29, 0.717) is 18.2 Å². The van der Waals surface area contributed by atoms with E-state index in [1.165, 1.54) is 0 Å². The molecule has 0 amide bonds. The van der Waals surface area contributed by atoms with Gasteiger partial charge in [0.15, 0.2) is 5.82 Å². The topological polar surface area (TPSA) is 80.0 Å². The summed E-state index contributed by atoms with van der Waals surface area (Å²) >= 11 is 0. The number of nitrogens with one attached hydrogen (secondary N) is 1. The zero-order valence-corrected chi connectivity index (χ0v) is 11.0. The minimum Gasteiger partial charge on any atom is -0.481 e. The van der Waals surface area contributed by atoms with Crippen LogP contribution >= 0.6 is 0 Å². The Morgan fingerprint density at radius 2 is 2.16 bits per heavy atom. The van der Waals surface area contributed by atoms with Crippen molar-refractivity contribution in [3.05, 3.63) is 11.6 Å². The molecule has 3 rings (SSSR count). The van der Waals surface area contributed by atoms with Gasteiger partial charge in [0.05, 0.1) is 0 Å². The number of piperidine rings is 1. The molecule has 6 nitrogen and oxygen atoms in total. The number of fused-ring (bicyclic) bond motifs is 1. The number of carboxylic acid groups (broad SMARTS) is 1. The molecule has 0 aromatic carbocycles. The summed E-state index contributed by atoms with van der Waals surface area (Å²) in [6.45, 7) is 2.93. The van der Waals surface area contributed by atoms with E-state index in [1.807, 2.05) is 0 Å².